The largest absolute Gasteiger partial charge is 0.497 e. The number of ketones is 2. The number of carbonyl (C=O) groups is 3. The SMILES string of the molecule is CCOC(=O)C1CCC(CC(=O)CC(=O)Cc2nc(-c3cccc(OC)c3)oc2C)CC1. The molecule has 1 aliphatic carbocycles. The van der Waals surface area contributed by atoms with Gasteiger partial charge in [-0.2, -0.15) is 0 Å². The number of hydrogen-bond donors (Lipinski definition) is 0. The molecule has 32 heavy (non-hydrogen) atoms. The minimum absolute atomic E-state index is 0.0521. The van der Waals surface area contributed by atoms with E-state index in [2.05, 4.69) is 4.98 Å². The van der Waals surface area contributed by atoms with Crippen molar-refractivity contribution in [2.24, 2.45) is 11.8 Å². The van der Waals surface area contributed by atoms with Crippen molar-refractivity contribution in [2.75, 3.05) is 13.7 Å². The van der Waals surface area contributed by atoms with Crippen molar-refractivity contribution in [1.29, 1.82) is 0 Å². The summed E-state index contributed by atoms with van der Waals surface area (Å²) in [5.74, 6) is 1.51. The molecule has 2 aromatic rings. The Labute approximate surface area is 188 Å². The van der Waals surface area contributed by atoms with E-state index >= 15 is 0 Å². The molecule has 1 aromatic carbocycles. The number of ether oxygens (including phenoxy) is 2. The molecular formula is C25H31NO6. The molecule has 1 heterocycles. The maximum absolute atomic E-state index is 12.5. The molecule has 0 amide bonds. The van der Waals surface area contributed by atoms with Crippen LogP contribution in [0.3, 0.4) is 0 Å². The number of aromatic nitrogens is 1. The van der Waals surface area contributed by atoms with Gasteiger partial charge < -0.3 is 13.9 Å². The first-order valence-corrected chi connectivity index (χ1v) is 11.2. The van der Waals surface area contributed by atoms with E-state index in [-0.39, 0.29) is 42.2 Å². The summed E-state index contributed by atoms with van der Waals surface area (Å²) in [6.45, 7) is 3.97. The normalized spacial score (nSPS) is 18.2. The lowest BCUT2D eigenvalue weighted by molar-refractivity contribution is -0.149. The first-order chi connectivity index (χ1) is 15.4. The number of benzene rings is 1. The highest BCUT2D eigenvalue weighted by molar-refractivity contribution is 5.99. The number of hydrogen-bond acceptors (Lipinski definition) is 7. The molecule has 0 unspecified atom stereocenters. The third kappa shape index (κ3) is 6.28. The van der Waals surface area contributed by atoms with E-state index in [4.69, 9.17) is 13.9 Å². The highest BCUT2D eigenvalue weighted by Gasteiger charge is 2.28. The van der Waals surface area contributed by atoms with E-state index in [0.717, 1.165) is 31.2 Å². The van der Waals surface area contributed by atoms with Crippen LogP contribution in [0.2, 0.25) is 0 Å². The van der Waals surface area contributed by atoms with Crippen LogP contribution in [0.1, 0.15) is 56.9 Å². The van der Waals surface area contributed by atoms with Gasteiger partial charge >= 0.3 is 5.97 Å². The van der Waals surface area contributed by atoms with Crippen molar-refractivity contribution in [3.8, 4) is 17.2 Å². The number of carbonyl (C=O) groups excluding carboxylic acids is 3. The van der Waals surface area contributed by atoms with Crippen molar-refractivity contribution < 1.29 is 28.3 Å². The van der Waals surface area contributed by atoms with Crippen LogP contribution >= 0.6 is 0 Å². The topological polar surface area (TPSA) is 95.7 Å². The molecule has 172 valence electrons. The molecule has 7 nitrogen and oxygen atoms in total. The molecule has 0 radical (unpaired) electrons. The van der Waals surface area contributed by atoms with E-state index in [1.54, 1.807) is 21.0 Å². The lowest BCUT2D eigenvalue weighted by Crippen LogP contribution is -2.25. The Kier molecular flexibility index (Phi) is 8.20. The van der Waals surface area contributed by atoms with Gasteiger partial charge in [-0.25, -0.2) is 4.98 Å². The van der Waals surface area contributed by atoms with Crippen LogP contribution in [0.4, 0.5) is 0 Å². The van der Waals surface area contributed by atoms with Crippen molar-refractivity contribution in [1.82, 2.24) is 4.98 Å². The molecule has 1 aliphatic rings. The molecule has 0 N–H and O–H groups in total. The molecule has 3 rings (SSSR count). The summed E-state index contributed by atoms with van der Waals surface area (Å²) in [5.41, 5.74) is 1.32. The minimum atomic E-state index is -0.163. The summed E-state index contributed by atoms with van der Waals surface area (Å²) in [7, 11) is 1.59. The zero-order valence-corrected chi connectivity index (χ0v) is 19.0. The van der Waals surface area contributed by atoms with Gasteiger partial charge in [0.2, 0.25) is 5.89 Å². The highest BCUT2D eigenvalue weighted by Crippen LogP contribution is 2.32. The number of esters is 1. The monoisotopic (exact) mass is 441 g/mol. The second-order valence-corrected chi connectivity index (χ2v) is 8.36. The summed E-state index contributed by atoms with van der Waals surface area (Å²) in [6.07, 6.45) is 3.48. The van der Waals surface area contributed by atoms with E-state index in [9.17, 15) is 14.4 Å². The van der Waals surface area contributed by atoms with E-state index in [1.165, 1.54) is 0 Å². The van der Waals surface area contributed by atoms with Crippen LogP contribution in [-0.4, -0.2) is 36.2 Å². The second-order valence-electron chi connectivity index (χ2n) is 8.36. The van der Waals surface area contributed by atoms with Gasteiger partial charge in [0.05, 0.1) is 38.2 Å². The number of aryl methyl sites for hydroxylation is 1. The van der Waals surface area contributed by atoms with Crippen molar-refractivity contribution in [3.63, 3.8) is 0 Å². The zero-order chi connectivity index (χ0) is 23.1. The average molecular weight is 442 g/mol. The van der Waals surface area contributed by atoms with Crippen LogP contribution in [0.25, 0.3) is 11.5 Å². The van der Waals surface area contributed by atoms with E-state index in [0.29, 0.717) is 36.1 Å². The van der Waals surface area contributed by atoms with Crippen LogP contribution in [0.15, 0.2) is 28.7 Å². The minimum Gasteiger partial charge on any atom is -0.497 e. The predicted molar refractivity (Wildman–Crippen MR) is 118 cm³/mol. The van der Waals surface area contributed by atoms with Gasteiger partial charge in [0.25, 0.3) is 0 Å². The Morgan fingerprint density at radius 2 is 1.88 bits per heavy atom. The number of oxazole rings is 1. The summed E-state index contributed by atoms with van der Waals surface area (Å²) >= 11 is 0. The smallest absolute Gasteiger partial charge is 0.308 e. The number of Topliss-reactive ketones (excluding diaryl/α,β-unsaturated/α-hetero) is 2. The van der Waals surface area contributed by atoms with Gasteiger partial charge in [-0.15, -0.1) is 0 Å². The molecule has 0 spiro atoms. The highest BCUT2D eigenvalue weighted by atomic mass is 16.5. The summed E-state index contributed by atoms with van der Waals surface area (Å²) in [6, 6.07) is 7.35. The molecule has 0 atom stereocenters. The Hall–Kier alpha value is -2.96. The zero-order valence-electron chi connectivity index (χ0n) is 19.0. The van der Waals surface area contributed by atoms with Gasteiger partial charge in [0, 0.05) is 12.0 Å². The molecule has 1 aromatic heterocycles. The van der Waals surface area contributed by atoms with Crippen LogP contribution in [0, 0.1) is 18.8 Å². The Morgan fingerprint density at radius 1 is 1.12 bits per heavy atom. The fourth-order valence-corrected chi connectivity index (χ4v) is 4.20. The van der Waals surface area contributed by atoms with Gasteiger partial charge in [-0.05, 0) is 63.6 Å². The van der Waals surface area contributed by atoms with Gasteiger partial charge in [-0.1, -0.05) is 6.07 Å². The number of nitrogens with zero attached hydrogens (tertiary/aromatic N) is 1. The summed E-state index contributed by atoms with van der Waals surface area (Å²) < 4.78 is 16.0. The Balaban J connectivity index is 1.49. The quantitative estimate of drug-likeness (QED) is 0.396. The number of rotatable bonds is 10. The maximum atomic E-state index is 12.5. The van der Waals surface area contributed by atoms with Crippen LogP contribution < -0.4 is 4.74 Å². The van der Waals surface area contributed by atoms with Gasteiger partial charge in [0.15, 0.2) is 0 Å². The first-order valence-electron chi connectivity index (χ1n) is 11.2. The van der Waals surface area contributed by atoms with E-state index in [1.807, 2.05) is 24.3 Å². The standard InChI is InChI=1S/C25H31NO6/c1-4-31-25(29)18-10-8-17(9-11-18)12-20(27)14-21(28)15-23-16(2)32-24(26-23)19-6-5-7-22(13-19)30-3/h5-7,13,17-18H,4,8-12,14-15H2,1-3H3. The first kappa shape index (κ1) is 23.7. The lowest BCUT2D eigenvalue weighted by atomic mass is 9.79. The fraction of sp³-hybridized carbons (Fsp3) is 0.520. The molecule has 1 fully saturated rings. The summed E-state index contributed by atoms with van der Waals surface area (Å²) in [4.78, 5) is 41.2. The van der Waals surface area contributed by atoms with Crippen LogP contribution in [-0.2, 0) is 25.5 Å². The third-order valence-electron chi connectivity index (χ3n) is 5.95. The maximum Gasteiger partial charge on any atom is 0.308 e. The van der Waals surface area contributed by atoms with Crippen molar-refractivity contribution in [2.45, 2.75) is 58.8 Å². The third-order valence-corrected chi connectivity index (χ3v) is 5.95. The van der Waals surface area contributed by atoms with Gasteiger partial charge in [0.1, 0.15) is 23.1 Å². The number of methoxy groups -OCH3 is 1. The molecule has 0 bridgehead atoms. The van der Waals surface area contributed by atoms with Gasteiger partial charge in [-0.3, -0.25) is 14.4 Å². The average Bonchev–Trinajstić information content (AvgIpc) is 3.14. The van der Waals surface area contributed by atoms with Crippen molar-refractivity contribution >= 4 is 17.5 Å². The molecular weight excluding hydrogens is 410 g/mol. The Morgan fingerprint density at radius 3 is 2.56 bits per heavy atom. The summed E-state index contributed by atoms with van der Waals surface area (Å²) in [5, 5.41) is 0. The van der Waals surface area contributed by atoms with E-state index < -0.39 is 0 Å². The molecule has 0 saturated heterocycles. The van der Waals surface area contributed by atoms with Crippen molar-refractivity contribution in [3.05, 3.63) is 35.7 Å². The second kappa shape index (κ2) is 11.1. The molecule has 7 heteroatoms. The Bertz CT molecular complexity index is 955. The lowest BCUT2D eigenvalue weighted by Gasteiger charge is -2.26. The molecule has 1 saturated carbocycles. The van der Waals surface area contributed by atoms with Crippen LogP contribution in [0.5, 0.6) is 5.75 Å². The molecule has 0 aliphatic heterocycles. The predicted octanol–water partition coefficient (Wildman–Crippen LogP) is 4.49. The fourth-order valence-electron chi connectivity index (χ4n) is 4.20.